The Kier molecular flexibility index (Phi) is 28.7. The molecule has 0 heterocycles. The van der Waals surface area contributed by atoms with Crippen molar-refractivity contribution in [2.45, 2.75) is 11.6 Å². The molecule has 6 heavy (non-hydrogen) atoms. The van der Waals surface area contributed by atoms with Crippen LogP contribution in [0.1, 0.15) is 0 Å². The Morgan fingerprint density at radius 1 is 1.00 bits per heavy atom. The number of hydrogen-bond acceptors (Lipinski definition) is 0. The van der Waals surface area contributed by atoms with Crippen LogP contribution in [0.4, 0.5) is 0 Å². The molecule has 0 atom stereocenters. The SMILES string of the molecule is C[Se][Se]C.[Se]=[Se]. The molecule has 0 spiro atoms. The van der Waals surface area contributed by atoms with Gasteiger partial charge in [-0.05, 0) is 0 Å². The van der Waals surface area contributed by atoms with E-state index in [1.165, 1.54) is 0 Å². The number of rotatable bonds is 1. The van der Waals surface area contributed by atoms with E-state index >= 15 is 0 Å². The summed E-state index contributed by atoms with van der Waals surface area (Å²) in [5.41, 5.74) is 0. The summed E-state index contributed by atoms with van der Waals surface area (Å²) in [5, 5.41) is 0. The molecule has 0 saturated heterocycles. The van der Waals surface area contributed by atoms with E-state index in [0.29, 0.717) is 0 Å². The second-order valence-corrected chi connectivity index (χ2v) is 9.00. The topological polar surface area (TPSA) is 0 Å². The van der Waals surface area contributed by atoms with Crippen LogP contribution in [0.3, 0.4) is 0 Å². The summed E-state index contributed by atoms with van der Waals surface area (Å²) in [6.07, 6.45) is 0. The quantitative estimate of drug-likeness (QED) is 0.570. The van der Waals surface area contributed by atoms with Gasteiger partial charge < -0.3 is 0 Å². The van der Waals surface area contributed by atoms with Crippen LogP contribution >= 0.6 is 0 Å². The summed E-state index contributed by atoms with van der Waals surface area (Å²) >= 11 is 6.96. The molecule has 0 aliphatic carbocycles. The standard InChI is InChI=1S/C2H6Se2.Se2/c1-3-4-2;1-2/h1-2H3;. The van der Waals surface area contributed by atoms with Gasteiger partial charge in [0.05, 0.1) is 0 Å². The van der Waals surface area contributed by atoms with Gasteiger partial charge in [-0.25, -0.2) is 0 Å². The van der Waals surface area contributed by atoms with Gasteiger partial charge in [0.25, 0.3) is 0 Å². The van der Waals surface area contributed by atoms with E-state index in [1.54, 1.807) is 0 Å². The minimum absolute atomic E-state index is 0.979. The average molecular weight is 346 g/mol. The van der Waals surface area contributed by atoms with Gasteiger partial charge in [0.1, 0.15) is 0 Å². The van der Waals surface area contributed by atoms with Crippen molar-refractivity contribution in [2.24, 2.45) is 0 Å². The van der Waals surface area contributed by atoms with Gasteiger partial charge in [0, 0.05) is 0 Å². The molecule has 0 N–H and O–H groups in total. The first kappa shape index (κ1) is 11.0. The molecular formula is C2H6Se4. The molecule has 0 aromatic carbocycles. The van der Waals surface area contributed by atoms with Gasteiger partial charge in [-0.1, -0.05) is 0 Å². The zero-order valence-electron chi connectivity index (χ0n) is 3.63. The van der Waals surface area contributed by atoms with Crippen LogP contribution in [0, 0.1) is 0 Å². The van der Waals surface area contributed by atoms with Crippen molar-refractivity contribution in [1.29, 1.82) is 0 Å². The maximum absolute atomic E-state index is 2.50. The summed E-state index contributed by atoms with van der Waals surface area (Å²) in [4.78, 5) is 0. The van der Waals surface area contributed by atoms with Gasteiger partial charge >= 0.3 is 65.2 Å². The van der Waals surface area contributed by atoms with Crippen molar-refractivity contribution in [2.75, 3.05) is 0 Å². The molecule has 0 aromatic heterocycles. The summed E-state index contributed by atoms with van der Waals surface area (Å²) < 4.78 is 0. The molecule has 0 fully saturated rings. The van der Waals surface area contributed by atoms with Crippen molar-refractivity contribution < 1.29 is 0 Å². The summed E-state index contributed by atoms with van der Waals surface area (Å²) in [6.45, 7) is 0. The summed E-state index contributed by atoms with van der Waals surface area (Å²) in [7, 11) is 0. The van der Waals surface area contributed by atoms with Gasteiger partial charge in [0.2, 0.25) is 0 Å². The van der Waals surface area contributed by atoms with E-state index in [-0.39, 0.29) is 0 Å². The second-order valence-electron chi connectivity index (χ2n) is 0.333. The number of hydrogen-bond donors (Lipinski definition) is 0. The summed E-state index contributed by atoms with van der Waals surface area (Å²) in [5.74, 6) is 4.54. The van der Waals surface area contributed by atoms with E-state index in [0.717, 1.165) is 26.3 Å². The molecule has 0 nitrogen and oxygen atoms in total. The third kappa shape index (κ3) is 16.5. The summed E-state index contributed by atoms with van der Waals surface area (Å²) in [6, 6.07) is 0. The molecule has 0 radical (unpaired) electrons. The predicted octanol–water partition coefficient (Wildman–Crippen LogP) is -0.356. The van der Waals surface area contributed by atoms with Crippen LogP contribution in [-0.4, -0.2) is 53.6 Å². The van der Waals surface area contributed by atoms with Crippen molar-refractivity contribution >= 4 is 53.6 Å². The monoisotopic (exact) mass is 350 g/mol. The molecule has 0 saturated carbocycles. The Morgan fingerprint density at radius 3 is 1.17 bits per heavy atom. The van der Waals surface area contributed by atoms with Crippen LogP contribution in [-0.2, 0) is 0 Å². The van der Waals surface area contributed by atoms with E-state index < -0.39 is 0 Å². The van der Waals surface area contributed by atoms with Crippen LogP contribution in [0.5, 0.6) is 0 Å². The first-order valence-electron chi connectivity index (χ1n) is 1.15. The van der Waals surface area contributed by atoms with E-state index in [4.69, 9.17) is 0 Å². The van der Waals surface area contributed by atoms with Gasteiger partial charge in [-0.3, -0.25) is 0 Å². The molecule has 0 rings (SSSR count). The Labute approximate surface area is 64.6 Å². The molecule has 0 aliphatic rings. The zero-order valence-corrected chi connectivity index (χ0v) is 10.5. The first-order valence-corrected chi connectivity index (χ1v) is 13.2. The van der Waals surface area contributed by atoms with Crippen LogP contribution in [0.15, 0.2) is 0 Å². The fourth-order valence-electron chi connectivity index (χ4n) is 0. The molecule has 4 heteroatoms. The third-order valence-corrected chi connectivity index (χ3v) is 4.50. The Balaban J connectivity index is 0. The van der Waals surface area contributed by atoms with E-state index in [9.17, 15) is 0 Å². The average Bonchev–Trinajstić information content (AvgIpc) is 1.72. The van der Waals surface area contributed by atoms with Crippen molar-refractivity contribution in [3.05, 3.63) is 0 Å². The third-order valence-electron chi connectivity index (χ3n) is 0.167. The van der Waals surface area contributed by atoms with E-state index in [1.807, 2.05) is 0 Å². The molecular weight excluding hydrogens is 340 g/mol. The van der Waals surface area contributed by atoms with Crippen LogP contribution in [0.25, 0.3) is 0 Å². The van der Waals surface area contributed by atoms with Crippen molar-refractivity contribution in [3.63, 3.8) is 0 Å². The zero-order chi connectivity index (χ0) is 5.41. The molecule has 0 unspecified atom stereocenters. The molecule has 0 bridgehead atoms. The first-order chi connectivity index (χ1) is 2.91. The predicted molar refractivity (Wildman–Crippen MR) is 34.7 cm³/mol. The van der Waals surface area contributed by atoms with Crippen molar-refractivity contribution in [1.82, 2.24) is 0 Å². The van der Waals surface area contributed by atoms with Crippen LogP contribution < -0.4 is 0 Å². The fourth-order valence-corrected chi connectivity index (χ4v) is 0. The minimum atomic E-state index is 0.979. The van der Waals surface area contributed by atoms with Gasteiger partial charge in [0.15, 0.2) is 0 Å². The van der Waals surface area contributed by atoms with Crippen LogP contribution in [0.2, 0.25) is 11.6 Å². The normalized spacial score (nSPS) is 5.67. The van der Waals surface area contributed by atoms with Gasteiger partial charge in [-0.2, -0.15) is 0 Å². The molecule has 38 valence electrons. The van der Waals surface area contributed by atoms with Gasteiger partial charge in [-0.15, -0.1) is 0 Å². The Morgan fingerprint density at radius 2 is 1.17 bits per heavy atom. The molecule has 0 aromatic rings. The molecule has 0 amide bonds. The van der Waals surface area contributed by atoms with Crippen molar-refractivity contribution in [3.8, 4) is 0 Å². The van der Waals surface area contributed by atoms with E-state index in [2.05, 4.69) is 39.0 Å². The fraction of sp³-hybridized carbons (Fsp3) is 1.00. The molecule has 0 aliphatic heterocycles. The Bertz CT molecular complexity index is 13.0. The maximum atomic E-state index is 2.50. The Hall–Kier alpha value is 2.08. The second kappa shape index (κ2) is 15.7.